The molecule has 4 heteroatoms. The summed E-state index contributed by atoms with van der Waals surface area (Å²) in [7, 11) is 0. The van der Waals surface area contributed by atoms with Gasteiger partial charge in [-0.15, -0.1) is 0 Å². The Morgan fingerprint density at radius 2 is 2.12 bits per heavy atom. The van der Waals surface area contributed by atoms with Gasteiger partial charge in [-0.25, -0.2) is 4.79 Å². The summed E-state index contributed by atoms with van der Waals surface area (Å²) >= 11 is 0. The molecule has 3 N–H and O–H groups in total. The molecule has 0 aromatic carbocycles. The highest BCUT2D eigenvalue weighted by molar-refractivity contribution is 5.87. The van der Waals surface area contributed by atoms with Crippen LogP contribution in [-0.2, 0) is 9.59 Å². The van der Waals surface area contributed by atoms with Gasteiger partial charge in [-0.2, -0.15) is 0 Å². The number of nitrogens with two attached hydrogens (primary N) is 1. The highest BCUT2D eigenvalue weighted by Gasteiger charge is 1.89. The largest absolute Gasteiger partial charge is 0.478 e. The average molecular weight is 115 g/mol. The fourth-order valence-electron chi connectivity index (χ4n) is 0.177. The molecule has 0 rings (SSSR count). The topological polar surface area (TPSA) is 80.4 Å². The minimum Gasteiger partial charge on any atom is -0.478 e. The van der Waals surface area contributed by atoms with Gasteiger partial charge in [-0.3, -0.25) is 4.79 Å². The Kier molecular flexibility index (Phi) is 2.33. The van der Waals surface area contributed by atoms with E-state index in [1.807, 2.05) is 0 Å². The van der Waals surface area contributed by atoms with E-state index in [9.17, 15) is 9.59 Å². The predicted octanol–water partition coefficient (Wildman–Crippen LogP) is -0.888. The number of carbonyl (C=O) groups excluding carboxylic acids is 1. The molecule has 0 aromatic heterocycles. The smallest absolute Gasteiger partial charge is 0.330 e. The zero-order chi connectivity index (χ0) is 6.57. The van der Waals surface area contributed by atoms with Crippen LogP contribution in [0, 0.1) is 0 Å². The Morgan fingerprint density at radius 1 is 1.62 bits per heavy atom. The van der Waals surface area contributed by atoms with E-state index in [0.29, 0.717) is 6.08 Å². The molecule has 0 heterocycles. The van der Waals surface area contributed by atoms with E-state index in [2.05, 4.69) is 0 Å². The molecular formula is C4H5NO3. The number of carboxylic acids is 1. The lowest BCUT2D eigenvalue weighted by Gasteiger charge is -1.80. The molecule has 4 nitrogen and oxygen atoms in total. The second-order valence-corrected chi connectivity index (χ2v) is 1.10. The fraction of sp³-hybridized carbons (Fsp3) is 0. The van der Waals surface area contributed by atoms with Gasteiger partial charge in [-0.1, -0.05) is 0 Å². The Labute approximate surface area is 45.6 Å². The van der Waals surface area contributed by atoms with Gasteiger partial charge in [0.15, 0.2) is 6.29 Å². The van der Waals surface area contributed by atoms with Crippen molar-refractivity contribution < 1.29 is 14.7 Å². The van der Waals surface area contributed by atoms with Gasteiger partial charge in [0.05, 0.1) is 5.70 Å². The highest BCUT2D eigenvalue weighted by atomic mass is 16.4. The monoisotopic (exact) mass is 115 g/mol. The SMILES string of the molecule is N/C(C=O)=C/C(=O)O. The van der Waals surface area contributed by atoms with Gasteiger partial charge >= 0.3 is 5.97 Å². The molecule has 0 aliphatic rings. The molecule has 0 saturated heterocycles. The fourth-order valence-corrected chi connectivity index (χ4v) is 0.177. The second-order valence-electron chi connectivity index (χ2n) is 1.10. The van der Waals surface area contributed by atoms with Crippen molar-refractivity contribution in [2.45, 2.75) is 0 Å². The van der Waals surface area contributed by atoms with Crippen LogP contribution in [0.3, 0.4) is 0 Å². The Bertz CT molecular complexity index is 138. The van der Waals surface area contributed by atoms with Crippen LogP contribution >= 0.6 is 0 Å². The molecule has 44 valence electrons. The van der Waals surface area contributed by atoms with E-state index in [1.54, 1.807) is 0 Å². The number of aldehydes is 1. The van der Waals surface area contributed by atoms with Gasteiger partial charge in [0, 0.05) is 6.08 Å². The lowest BCUT2D eigenvalue weighted by atomic mass is 10.4. The maximum Gasteiger partial charge on any atom is 0.330 e. The molecule has 0 aliphatic heterocycles. The number of hydrogen-bond acceptors (Lipinski definition) is 3. The summed E-state index contributed by atoms with van der Waals surface area (Å²) < 4.78 is 0. The summed E-state index contributed by atoms with van der Waals surface area (Å²) in [6.07, 6.45) is 0.904. The van der Waals surface area contributed by atoms with Gasteiger partial charge in [0.2, 0.25) is 0 Å². The first-order valence-electron chi connectivity index (χ1n) is 1.82. The summed E-state index contributed by atoms with van der Waals surface area (Å²) in [5.41, 5.74) is 4.51. The van der Waals surface area contributed by atoms with Crippen molar-refractivity contribution in [1.29, 1.82) is 0 Å². The average Bonchev–Trinajstić information content (AvgIpc) is 1.65. The van der Waals surface area contributed by atoms with Crippen LogP contribution in [-0.4, -0.2) is 17.4 Å². The number of hydrogen-bond donors (Lipinski definition) is 2. The van der Waals surface area contributed by atoms with Gasteiger partial charge in [-0.05, 0) is 0 Å². The maximum absolute atomic E-state index is 9.65. The Morgan fingerprint density at radius 3 is 2.25 bits per heavy atom. The van der Waals surface area contributed by atoms with E-state index in [4.69, 9.17) is 10.8 Å². The van der Waals surface area contributed by atoms with Crippen molar-refractivity contribution >= 4 is 12.3 Å². The number of carbonyl (C=O) groups is 2. The van der Waals surface area contributed by atoms with Gasteiger partial charge in [0.1, 0.15) is 0 Å². The first kappa shape index (κ1) is 6.68. The number of rotatable bonds is 2. The lowest BCUT2D eigenvalue weighted by Crippen LogP contribution is -2.01. The molecule has 0 atom stereocenters. The van der Waals surface area contributed by atoms with Gasteiger partial charge in [0.25, 0.3) is 0 Å². The van der Waals surface area contributed by atoms with Crippen molar-refractivity contribution in [1.82, 2.24) is 0 Å². The van der Waals surface area contributed by atoms with Crippen LogP contribution in [0.2, 0.25) is 0 Å². The van der Waals surface area contributed by atoms with Crippen LogP contribution < -0.4 is 5.73 Å². The molecule has 0 unspecified atom stereocenters. The Balaban J connectivity index is 3.94. The predicted molar refractivity (Wildman–Crippen MR) is 26.0 cm³/mol. The molecule has 0 bridgehead atoms. The number of allylic oxidation sites excluding steroid dienone is 1. The second kappa shape index (κ2) is 2.79. The van der Waals surface area contributed by atoms with Crippen LogP contribution in [0.15, 0.2) is 11.8 Å². The van der Waals surface area contributed by atoms with Crippen LogP contribution in [0.4, 0.5) is 0 Å². The third-order valence-corrected chi connectivity index (χ3v) is 0.426. The first-order valence-corrected chi connectivity index (χ1v) is 1.82. The lowest BCUT2D eigenvalue weighted by molar-refractivity contribution is -0.131. The van der Waals surface area contributed by atoms with Crippen LogP contribution in [0.1, 0.15) is 0 Å². The summed E-state index contributed by atoms with van der Waals surface area (Å²) in [4.78, 5) is 19.2. The maximum atomic E-state index is 9.65. The standard InChI is InChI=1S/C4H5NO3/c5-3(2-6)1-4(7)8/h1-2H,5H2,(H,7,8)/b3-1+. The van der Waals surface area contributed by atoms with E-state index in [1.165, 1.54) is 0 Å². The summed E-state index contributed by atoms with van der Waals surface area (Å²) in [5.74, 6) is -1.21. The van der Waals surface area contributed by atoms with Crippen LogP contribution in [0.5, 0.6) is 0 Å². The van der Waals surface area contributed by atoms with Crippen molar-refractivity contribution in [2.75, 3.05) is 0 Å². The van der Waals surface area contributed by atoms with E-state index >= 15 is 0 Å². The Hall–Kier alpha value is -1.32. The van der Waals surface area contributed by atoms with E-state index < -0.39 is 5.97 Å². The summed E-state index contributed by atoms with van der Waals surface area (Å²) in [6.45, 7) is 0. The third-order valence-electron chi connectivity index (χ3n) is 0.426. The van der Waals surface area contributed by atoms with E-state index in [-0.39, 0.29) is 12.0 Å². The third kappa shape index (κ3) is 2.89. The minimum absolute atomic E-state index is 0.272. The molecule has 0 saturated carbocycles. The quantitative estimate of drug-likeness (QED) is 0.361. The van der Waals surface area contributed by atoms with Crippen LogP contribution in [0.25, 0.3) is 0 Å². The molecule has 8 heavy (non-hydrogen) atoms. The molecule has 0 radical (unpaired) electrons. The molecular weight excluding hydrogens is 110 g/mol. The number of carboxylic acid groups (broad SMARTS) is 1. The van der Waals surface area contributed by atoms with Crippen molar-refractivity contribution in [3.63, 3.8) is 0 Å². The van der Waals surface area contributed by atoms with Gasteiger partial charge < -0.3 is 10.8 Å². The van der Waals surface area contributed by atoms with E-state index in [0.717, 1.165) is 0 Å². The number of aliphatic carboxylic acids is 1. The molecule has 0 amide bonds. The first-order chi connectivity index (χ1) is 3.66. The summed E-state index contributed by atoms with van der Waals surface area (Å²) in [6, 6.07) is 0. The van der Waals surface area contributed by atoms with Crippen molar-refractivity contribution in [3.05, 3.63) is 11.8 Å². The molecule has 0 spiro atoms. The normalized spacial score (nSPS) is 10.8. The summed E-state index contributed by atoms with van der Waals surface area (Å²) in [5, 5.41) is 7.90. The zero-order valence-corrected chi connectivity index (χ0v) is 4.00. The highest BCUT2D eigenvalue weighted by Crippen LogP contribution is 1.74. The molecule has 0 aliphatic carbocycles. The minimum atomic E-state index is -1.21. The molecule has 0 aromatic rings. The molecule has 0 fully saturated rings. The van der Waals surface area contributed by atoms with Crippen molar-refractivity contribution in [3.8, 4) is 0 Å². The zero-order valence-electron chi connectivity index (χ0n) is 4.00. The van der Waals surface area contributed by atoms with Crippen molar-refractivity contribution in [2.24, 2.45) is 5.73 Å².